The standard InChI is InChI=1S/C12H20N4O2/c1-8(4-5-16(2)3)15-11-10(12(17)18)6-9(13)7-14-11/h6-8H,4-5,13H2,1-3H3,(H,14,15)(H,17,18). The molecule has 100 valence electrons. The van der Waals surface area contributed by atoms with Crippen LogP contribution < -0.4 is 11.1 Å². The molecule has 0 spiro atoms. The number of nitrogen functional groups attached to an aromatic ring is 1. The number of hydrogen-bond acceptors (Lipinski definition) is 5. The number of aromatic nitrogens is 1. The maximum absolute atomic E-state index is 11.1. The number of nitrogens with zero attached hydrogens (tertiary/aromatic N) is 2. The Labute approximate surface area is 107 Å². The van der Waals surface area contributed by atoms with Crippen molar-refractivity contribution in [3.63, 3.8) is 0 Å². The van der Waals surface area contributed by atoms with Gasteiger partial charge in [0.1, 0.15) is 11.4 Å². The number of rotatable bonds is 6. The molecule has 6 nitrogen and oxygen atoms in total. The molecule has 1 rings (SSSR count). The summed E-state index contributed by atoms with van der Waals surface area (Å²) in [4.78, 5) is 17.2. The molecule has 1 atom stereocenters. The normalized spacial score (nSPS) is 12.4. The zero-order valence-corrected chi connectivity index (χ0v) is 11.0. The van der Waals surface area contributed by atoms with Crippen LogP contribution in [0, 0.1) is 0 Å². The third-order valence-electron chi connectivity index (χ3n) is 2.53. The number of pyridine rings is 1. The van der Waals surface area contributed by atoms with E-state index < -0.39 is 5.97 Å². The third kappa shape index (κ3) is 4.21. The van der Waals surface area contributed by atoms with Crippen LogP contribution in [0.3, 0.4) is 0 Å². The molecular weight excluding hydrogens is 232 g/mol. The number of carboxylic acids is 1. The molecule has 0 fully saturated rings. The fraction of sp³-hybridized carbons (Fsp3) is 0.500. The Balaban J connectivity index is 2.74. The Morgan fingerprint density at radius 2 is 2.28 bits per heavy atom. The SMILES string of the molecule is CC(CCN(C)C)Nc1ncc(N)cc1C(=O)O. The van der Waals surface area contributed by atoms with E-state index in [1.165, 1.54) is 12.3 Å². The van der Waals surface area contributed by atoms with E-state index >= 15 is 0 Å². The molecule has 0 aliphatic carbocycles. The Morgan fingerprint density at radius 3 is 2.83 bits per heavy atom. The second kappa shape index (κ2) is 6.20. The first kappa shape index (κ1) is 14.2. The van der Waals surface area contributed by atoms with Crippen molar-refractivity contribution in [2.75, 3.05) is 31.7 Å². The minimum Gasteiger partial charge on any atom is -0.478 e. The van der Waals surface area contributed by atoms with E-state index in [0.717, 1.165) is 13.0 Å². The van der Waals surface area contributed by atoms with E-state index in [-0.39, 0.29) is 11.6 Å². The number of carboxylic acid groups (broad SMARTS) is 1. The molecule has 18 heavy (non-hydrogen) atoms. The Kier molecular flexibility index (Phi) is 4.91. The Bertz CT molecular complexity index is 421. The summed E-state index contributed by atoms with van der Waals surface area (Å²) in [5.41, 5.74) is 5.98. The van der Waals surface area contributed by atoms with Gasteiger partial charge in [-0.1, -0.05) is 0 Å². The summed E-state index contributed by atoms with van der Waals surface area (Å²) in [5, 5.41) is 12.2. The van der Waals surface area contributed by atoms with Gasteiger partial charge in [-0.2, -0.15) is 0 Å². The van der Waals surface area contributed by atoms with Crippen LogP contribution in [-0.2, 0) is 0 Å². The highest BCUT2D eigenvalue weighted by Gasteiger charge is 2.14. The monoisotopic (exact) mass is 252 g/mol. The number of nitrogens with two attached hydrogens (primary N) is 1. The van der Waals surface area contributed by atoms with E-state index in [2.05, 4.69) is 15.2 Å². The average Bonchev–Trinajstić information content (AvgIpc) is 2.28. The molecule has 0 aliphatic rings. The van der Waals surface area contributed by atoms with Crippen LogP contribution in [0.4, 0.5) is 11.5 Å². The molecule has 0 aromatic carbocycles. The number of carbonyl (C=O) groups is 1. The average molecular weight is 252 g/mol. The molecule has 0 aliphatic heterocycles. The van der Waals surface area contributed by atoms with Gasteiger partial charge >= 0.3 is 5.97 Å². The van der Waals surface area contributed by atoms with Crippen molar-refractivity contribution in [3.05, 3.63) is 17.8 Å². The van der Waals surface area contributed by atoms with Crippen LogP contribution in [0.5, 0.6) is 0 Å². The van der Waals surface area contributed by atoms with Crippen LogP contribution in [-0.4, -0.2) is 47.6 Å². The highest BCUT2D eigenvalue weighted by Crippen LogP contribution is 2.17. The quantitative estimate of drug-likeness (QED) is 0.702. The lowest BCUT2D eigenvalue weighted by Crippen LogP contribution is -2.24. The predicted molar refractivity (Wildman–Crippen MR) is 71.9 cm³/mol. The summed E-state index contributed by atoms with van der Waals surface area (Å²) in [7, 11) is 3.99. The van der Waals surface area contributed by atoms with Gasteiger partial charge in [0.2, 0.25) is 0 Å². The molecule has 0 saturated carbocycles. The smallest absolute Gasteiger partial charge is 0.339 e. The van der Waals surface area contributed by atoms with Gasteiger partial charge in [0.15, 0.2) is 0 Å². The number of anilines is 2. The molecule has 1 aromatic heterocycles. The third-order valence-corrected chi connectivity index (χ3v) is 2.53. The van der Waals surface area contributed by atoms with E-state index in [1.54, 1.807) is 0 Å². The van der Waals surface area contributed by atoms with Gasteiger partial charge in [-0.25, -0.2) is 9.78 Å². The maximum atomic E-state index is 11.1. The minimum atomic E-state index is -1.03. The second-order valence-electron chi connectivity index (χ2n) is 4.61. The van der Waals surface area contributed by atoms with Crippen molar-refractivity contribution in [2.45, 2.75) is 19.4 Å². The van der Waals surface area contributed by atoms with Gasteiger partial charge < -0.3 is 21.1 Å². The van der Waals surface area contributed by atoms with Crippen molar-refractivity contribution in [3.8, 4) is 0 Å². The largest absolute Gasteiger partial charge is 0.478 e. The number of aromatic carboxylic acids is 1. The van der Waals surface area contributed by atoms with Crippen LogP contribution in [0.15, 0.2) is 12.3 Å². The highest BCUT2D eigenvalue weighted by atomic mass is 16.4. The van der Waals surface area contributed by atoms with Crippen molar-refractivity contribution < 1.29 is 9.90 Å². The van der Waals surface area contributed by atoms with E-state index in [0.29, 0.717) is 11.5 Å². The molecule has 1 heterocycles. The molecule has 1 unspecified atom stereocenters. The van der Waals surface area contributed by atoms with Gasteiger partial charge in [0.05, 0.1) is 11.9 Å². The topological polar surface area (TPSA) is 91.5 Å². The summed E-state index contributed by atoms with van der Waals surface area (Å²) < 4.78 is 0. The van der Waals surface area contributed by atoms with E-state index in [9.17, 15) is 4.79 Å². The zero-order chi connectivity index (χ0) is 13.7. The van der Waals surface area contributed by atoms with Crippen LogP contribution in [0.25, 0.3) is 0 Å². The lowest BCUT2D eigenvalue weighted by Gasteiger charge is -2.18. The van der Waals surface area contributed by atoms with Crippen LogP contribution in [0.2, 0.25) is 0 Å². The zero-order valence-electron chi connectivity index (χ0n) is 11.0. The van der Waals surface area contributed by atoms with Gasteiger partial charge in [0.25, 0.3) is 0 Å². The second-order valence-corrected chi connectivity index (χ2v) is 4.61. The first-order valence-corrected chi connectivity index (χ1v) is 5.80. The lowest BCUT2D eigenvalue weighted by molar-refractivity contribution is 0.0697. The molecule has 0 radical (unpaired) electrons. The van der Waals surface area contributed by atoms with Gasteiger partial charge in [-0.15, -0.1) is 0 Å². The lowest BCUT2D eigenvalue weighted by atomic mass is 10.2. The van der Waals surface area contributed by atoms with Crippen LogP contribution in [0.1, 0.15) is 23.7 Å². The van der Waals surface area contributed by atoms with E-state index in [1.807, 2.05) is 21.0 Å². The Morgan fingerprint density at radius 1 is 1.61 bits per heavy atom. The predicted octanol–water partition coefficient (Wildman–Crippen LogP) is 1.11. The number of hydrogen-bond donors (Lipinski definition) is 3. The van der Waals surface area contributed by atoms with Crippen molar-refractivity contribution in [1.82, 2.24) is 9.88 Å². The summed E-state index contributed by atoms with van der Waals surface area (Å²) in [6, 6.07) is 1.55. The molecule has 1 aromatic rings. The van der Waals surface area contributed by atoms with E-state index in [4.69, 9.17) is 10.8 Å². The maximum Gasteiger partial charge on any atom is 0.339 e. The van der Waals surface area contributed by atoms with Crippen molar-refractivity contribution in [2.24, 2.45) is 0 Å². The van der Waals surface area contributed by atoms with Gasteiger partial charge in [-0.3, -0.25) is 0 Å². The molecule has 0 saturated heterocycles. The molecule has 6 heteroatoms. The molecule has 0 amide bonds. The fourth-order valence-corrected chi connectivity index (χ4v) is 1.52. The van der Waals surface area contributed by atoms with Gasteiger partial charge in [0, 0.05) is 6.04 Å². The molecule has 0 bridgehead atoms. The fourth-order valence-electron chi connectivity index (χ4n) is 1.52. The van der Waals surface area contributed by atoms with Crippen molar-refractivity contribution in [1.29, 1.82) is 0 Å². The van der Waals surface area contributed by atoms with Gasteiger partial charge in [-0.05, 0) is 40.1 Å². The highest BCUT2D eigenvalue weighted by molar-refractivity contribution is 5.94. The Hall–Kier alpha value is -1.82. The first-order valence-electron chi connectivity index (χ1n) is 5.80. The first-order chi connectivity index (χ1) is 8.40. The minimum absolute atomic E-state index is 0.103. The summed E-state index contributed by atoms with van der Waals surface area (Å²) in [6.07, 6.45) is 2.35. The van der Waals surface area contributed by atoms with Crippen molar-refractivity contribution >= 4 is 17.5 Å². The summed E-state index contributed by atoms with van der Waals surface area (Å²) in [5.74, 6) is -0.667. The number of nitrogens with one attached hydrogen (secondary N) is 1. The molecular formula is C12H20N4O2. The summed E-state index contributed by atoms with van der Waals surface area (Å²) in [6.45, 7) is 2.92. The molecule has 4 N–H and O–H groups in total. The van der Waals surface area contributed by atoms with Crippen LogP contribution >= 0.6 is 0 Å². The summed E-state index contributed by atoms with van der Waals surface area (Å²) >= 11 is 0.